The van der Waals surface area contributed by atoms with E-state index >= 15 is 0 Å². The van der Waals surface area contributed by atoms with Crippen LogP contribution in [0.1, 0.15) is 11.1 Å². The number of nitrogens with zero attached hydrogens (tertiary/aromatic N) is 3. The van der Waals surface area contributed by atoms with E-state index in [0.29, 0.717) is 11.3 Å². The second-order valence-corrected chi connectivity index (χ2v) is 7.23. The van der Waals surface area contributed by atoms with Gasteiger partial charge < -0.3 is 0 Å². The van der Waals surface area contributed by atoms with Gasteiger partial charge in [0, 0.05) is 5.69 Å². The van der Waals surface area contributed by atoms with Crippen LogP contribution in [0.3, 0.4) is 0 Å². The maximum atomic E-state index is 13.0. The number of aliphatic imine (C=N–C) groups is 1. The summed E-state index contributed by atoms with van der Waals surface area (Å²) in [5.41, 5.74) is 0.0105. The van der Waals surface area contributed by atoms with Gasteiger partial charge in [-0.3, -0.25) is 14.8 Å². The van der Waals surface area contributed by atoms with Gasteiger partial charge in [-0.15, -0.1) is 0 Å². The first-order valence-electron chi connectivity index (χ1n) is 8.59. The van der Waals surface area contributed by atoms with Gasteiger partial charge in [-0.1, -0.05) is 42.1 Å². The van der Waals surface area contributed by atoms with E-state index in [4.69, 9.17) is 0 Å². The zero-order chi connectivity index (χ0) is 21.9. The molecule has 160 valence electrons. The Hall–Kier alpha value is -2.69. The fourth-order valence-corrected chi connectivity index (χ4v) is 3.64. The van der Waals surface area contributed by atoms with Crippen LogP contribution in [0.2, 0.25) is 0 Å². The fourth-order valence-electron chi connectivity index (χ4n) is 2.68. The molecular formula is C19H15F6N3OS. The van der Waals surface area contributed by atoms with Crippen molar-refractivity contribution in [3.8, 4) is 0 Å². The molecule has 1 saturated heterocycles. The predicted molar refractivity (Wildman–Crippen MR) is 102 cm³/mol. The Morgan fingerprint density at radius 3 is 2.13 bits per heavy atom. The van der Waals surface area contributed by atoms with Gasteiger partial charge in [-0.05, 0) is 29.8 Å². The first-order chi connectivity index (χ1) is 14.0. The highest BCUT2D eigenvalue weighted by atomic mass is 32.2. The van der Waals surface area contributed by atoms with Gasteiger partial charge in [0.1, 0.15) is 6.54 Å². The van der Waals surface area contributed by atoms with Crippen molar-refractivity contribution < 1.29 is 31.1 Å². The topological polar surface area (TPSA) is 35.9 Å². The van der Waals surface area contributed by atoms with Crippen molar-refractivity contribution in [2.24, 2.45) is 4.99 Å². The van der Waals surface area contributed by atoms with Gasteiger partial charge in [-0.2, -0.15) is 26.3 Å². The van der Waals surface area contributed by atoms with Crippen LogP contribution in [0, 0.1) is 0 Å². The van der Waals surface area contributed by atoms with Gasteiger partial charge in [0.15, 0.2) is 5.17 Å². The number of amidine groups is 1. The standard InChI is InChI=1S/C19H15F6N3OS/c20-18(21,22)11-26-16-27(10-13-6-8-14(9-7-13)19(23,24)25)17(29)28(12-30-16)15-4-2-1-3-5-15/h1-9H,10-12H2/b26-16+. The van der Waals surface area contributed by atoms with Crippen LogP contribution in [-0.2, 0) is 12.7 Å². The van der Waals surface area contributed by atoms with E-state index in [9.17, 15) is 31.1 Å². The molecule has 3 rings (SSSR count). The molecule has 0 saturated carbocycles. The summed E-state index contributed by atoms with van der Waals surface area (Å²) in [6, 6.07) is 12.0. The summed E-state index contributed by atoms with van der Waals surface area (Å²) >= 11 is 0.946. The van der Waals surface area contributed by atoms with E-state index in [1.807, 2.05) is 0 Å². The lowest BCUT2D eigenvalue weighted by molar-refractivity contribution is -0.137. The van der Waals surface area contributed by atoms with Crippen LogP contribution in [0.25, 0.3) is 0 Å². The van der Waals surface area contributed by atoms with Crippen molar-refractivity contribution in [2.45, 2.75) is 18.9 Å². The quantitative estimate of drug-likeness (QED) is 0.559. The molecule has 1 heterocycles. The van der Waals surface area contributed by atoms with E-state index in [2.05, 4.69) is 4.99 Å². The van der Waals surface area contributed by atoms with E-state index in [-0.39, 0.29) is 17.6 Å². The van der Waals surface area contributed by atoms with E-state index in [1.165, 1.54) is 17.0 Å². The molecule has 0 unspecified atom stereocenters. The highest BCUT2D eigenvalue weighted by Crippen LogP contribution is 2.31. The van der Waals surface area contributed by atoms with Crippen molar-refractivity contribution in [3.05, 3.63) is 65.7 Å². The van der Waals surface area contributed by atoms with Crippen molar-refractivity contribution in [1.29, 1.82) is 0 Å². The molecule has 1 fully saturated rings. The smallest absolute Gasteiger partial charge is 0.284 e. The first kappa shape index (κ1) is 22.0. The van der Waals surface area contributed by atoms with Crippen LogP contribution in [0.5, 0.6) is 0 Å². The molecule has 0 atom stereocenters. The zero-order valence-electron chi connectivity index (χ0n) is 15.2. The van der Waals surface area contributed by atoms with E-state index in [1.54, 1.807) is 30.3 Å². The monoisotopic (exact) mass is 447 g/mol. The van der Waals surface area contributed by atoms with E-state index < -0.39 is 30.5 Å². The number of thioether (sulfide) groups is 1. The van der Waals surface area contributed by atoms with Crippen LogP contribution in [-0.4, -0.2) is 34.7 Å². The number of rotatable bonds is 4. The summed E-state index contributed by atoms with van der Waals surface area (Å²) in [6.45, 7) is -1.68. The molecule has 30 heavy (non-hydrogen) atoms. The number of halogens is 6. The predicted octanol–water partition coefficient (Wildman–Crippen LogP) is 5.76. The van der Waals surface area contributed by atoms with Gasteiger partial charge in [0.2, 0.25) is 0 Å². The number of hydrogen-bond donors (Lipinski definition) is 0. The maximum Gasteiger partial charge on any atom is 0.416 e. The third kappa shape index (κ3) is 5.47. The number of benzene rings is 2. The Morgan fingerprint density at radius 2 is 1.57 bits per heavy atom. The SMILES string of the molecule is O=C1N(Cc2ccc(C(F)(F)F)cc2)/C(=N\CC(F)(F)F)SCN1c1ccccc1. The third-order valence-corrected chi connectivity index (χ3v) is 5.09. The van der Waals surface area contributed by atoms with Gasteiger partial charge in [0.05, 0.1) is 18.0 Å². The van der Waals surface area contributed by atoms with Gasteiger partial charge in [0.25, 0.3) is 0 Å². The molecule has 11 heteroatoms. The number of carbonyl (C=O) groups is 1. The third-order valence-electron chi connectivity index (χ3n) is 4.10. The van der Waals surface area contributed by atoms with Crippen molar-refractivity contribution in [2.75, 3.05) is 17.3 Å². The van der Waals surface area contributed by atoms with Crippen LogP contribution in [0.15, 0.2) is 59.6 Å². The summed E-state index contributed by atoms with van der Waals surface area (Å²) in [6.07, 6.45) is -9.06. The number of amides is 2. The Bertz CT molecular complexity index is 913. The highest BCUT2D eigenvalue weighted by molar-refractivity contribution is 8.14. The number of hydrogen-bond acceptors (Lipinski definition) is 3. The molecule has 0 aromatic heterocycles. The number of anilines is 1. The van der Waals surface area contributed by atoms with Crippen molar-refractivity contribution >= 4 is 28.6 Å². The molecule has 0 aliphatic carbocycles. The zero-order valence-corrected chi connectivity index (χ0v) is 16.1. The minimum Gasteiger partial charge on any atom is -0.284 e. The summed E-state index contributed by atoms with van der Waals surface area (Å²) in [4.78, 5) is 18.9. The molecule has 1 aliphatic heterocycles. The molecule has 4 nitrogen and oxygen atoms in total. The fraction of sp³-hybridized carbons (Fsp3) is 0.263. The molecule has 0 N–H and O–H groups in total. The second-order valence-electron chi connectivity index (χ2n) is 6.31. The van der Waals surface area contributed by atoms with Crippen molar-refractivity contribution in [1.82, 2.24) is 4.90 Å². The van der Waals surface area contributed by atoms with Crippen LogP contribution in [0.4, 0.5) is 36.8 Å². The number of urea groups is 1. The first-order valence-corrected chi connectivity index (χ1v) is 9.57. The number of carbonyl (C=O) groups excluding carboxylic acids is 1. The van der Waals surface area contributed by atoms with Gasteiger partial charge in [-0.25, -0.2) is 4.79 Å². The Morgan fingerprint density at radius 1 is 0.933 bits per heavy atom. The highest BCUT2D eigenvalue weighted by Gasteiger charge is 2.35. The Balaban J connectivity index is 1.88. The molecule has 1 aliphatic rings. The lowest BCUT2D eigenvalue weighted by Gasteiger charge is -2.36. The minimum absolute atomic E-state index is 0.0586. The summed E-state index contributed by atoms with van der Waals surface area (Å²) in [7, 11) is 0. The lowest BCUT2D eigenvalue weighted by atomic mass is 10.1. The Kier molecular flexibility index (Phi) is 6.30. The molecule has 2 aromatic carbocycles. The lowest BCUT2D eigenvalue weighted by Crippen LogP contribution is -2.50. The van der Waals surface area contributed by atoms with Crippen LogP contribution >= 0.6 is 11.8 Å². The molecule has 0 bridgehead atoms. The number of para-hydroxylation sites is 1. The molecule has 2 amide bonds. The normalized spacial score (nSPS) is 17.0. The van der Waals surface area contributed by atoms with Crippen LogP contribution < -0.4 is 4.90 Å². The average molecular weight is 447 g/mol. The summed E-state index contributed by atoms with van der Waals surface area (Å²) in [5.74, 6) is 0.0586. The Labute approximate surface area is 172 Å². The molecule has 2 aromatic rings. The number of alkyl halides is 6. The minimum atomic E-state index is -4.55. The van der Waals surface area contributed by atoms with Crippen molar-refractivity contribution in [3.63, 3.8) is 0 Å². The molecule has 0 radical (unpaired) electrons. The summed E-state index contributed by atoms with van der Waals surface area (Å²) in [5, 5.41) is -0.135. The average Bonchev–Trinajstić information content (AvgIpc) is 2.68. The largest absolute Gasteiger partial charge is 0.416 e. The maximum absolute atomic E-state index is 13.0. The van der Waals surface area contributed by atoms with Gasteiger partial charge >= 0.3 is 18.4 Å². The summed E-state index contributed by atoms with van der Waals surface area (Å²) < 4.78 is 76.1. The molecule has 0 spiro atoms. The second kappa shape index (κ2) is 8.58. The van der Waals surface area contributed by atoms with E-state index in [0.717, 1.165) is 28.8 Å². The molecular weight excluding hydrogens is 432 g/mol.